The van der Waals surface area contributed by atoms with Crippen molar-refractivity contribution in [2.45, 2.75) is 37.8 Å². The highest BCUT2D eigenvalue weighted by molar-refractivity contribution is 5.82. The summed E-state index contributed by atoms with van der Waals surface area (Å²) in [6.45, 7) is 4.82. The van der Waals surface area contributed by atoms with Gasteiger partial charge in [-0.25, -0.2) is 0 Å². The molecular formula is C15H24N4O2. The molecule has 0 aliphatic carbocycles. The molecule has 0 saturated carbocycles. The highest BCUT2D eigenvalue weighted by atomic mass is 16.5. The zero-order valence-corrected chi connectivity index (χ0v) is 12.8. The Kier molecular flexibility index (Phi) is 3.99. The summed E-state index contributed by atoms with van der Waals surface area (Å²) in [6, 6.07) is -0.0185. The van der Waals surface area contributed by atoms with Crippen LogP contribution in [0.4, 0.5) is 0 Å². The van der Waals surface area contributed by atoms with E-state index < -0.39 is 5.60 Å². The van der Waals surface area contributed by atoms with E-state index in [1.165, 1.54) is 6.42 Å². The Labute approximate surface area is 125 Å². The van der Waals surface area contributed by atoms with Gasteiger partial charge in [-0.05, 0) is 26.3 Å². The predicted octanol–water partition coefficient (Wildman–Crippen LogP) is 0.636. The lowest BCUT2D eigenvalue weighted by atomic mass is 9.95. The lowest BCUT2D eigenvalue weighted by Crippen LogP contribution is -2.56. The molecule has 2 aliphatic rings. The maximum absolute atomic E-state index is 12.7. The third kappa shape index (κ3) is 2.96. The summed E-state index contributed by atoms with van der Waals surface area (Å²) >= 11 is 0. The lowest BCUT2D eigenvalue weighted by Gasteiger charge is -2.41. The zero-order valence-electron chi connectivity index (χ0n) is 12.8. The monoisotopic (exact) mass is 292 g/mol. The third-order valence-corrected chi connectivity index (χ3v) is 4.51. The minimum absolute atomic E-state index is 0.0185. The molecule has 1 amide bonds. The summed E-state index contributed by atoms with van der Waals surface area (Å²) in [5, 5.41) is 7.56. The summed E-state index contributed by atoms with van der Waals surface area (Å²) in [6.07, 6.45) is 7.04. The molecule has 6 nitrogen and oxygen atoms in total. The zero-order chi connectivity index (χ0) is 14.9. The molecular weight excluding hydrogens is 268 g/mol. The SMILES string of the molecule is Cn1cc(C2(C)CN(C(=O)C3CCCCN3)CCO2)cn1. The number of nitrogens with zero attached hydrogens (tertiary/aromatic N) is 3. The van der Waals surface area contributed by atoms with Crippen LogP contribution in [0.2, 0.25) is 0 Å². The van der Waals surface area contributed by atoms with Crippen LogP contribution in [0.5, 0.6) is 0 Å². The largest absolute Gasteiger partial charge is 0.367 e. The molecule has 0 radical (unpaired) electrons. The summed E-state index contributed by atoms with van der Waals surface area (Å²) in [4.78, 5) is 14.6. The Morgan fingerprint density at radius 1 is 1.52 bits per heavy atom. The number of nitrogens with one attached hydrogen (secondary N) is 1. The molecule has 1 aromatic rings. The molecule has 2 aliphatic heterocycles. The molecule has 6 heteroatoms. The molecule has 3 heterocycles. The number of aryl methyl sites for hydroxylation is 1. The molecule has 0 spiro atoms. The van der Waals surface area contributed by atoms with Crippen LogP contribution < -0.4 is 5.32 Å². The summed E-state index contributed by atoms with van der Waals surface area (Å²) in [5.74, 6) is 0.216. The maximum Gasteiger partial charge on any atom is 0.239 e. The van der Waals surface area contributed by atoms with Crippen molar-refractivity contribution < 1.29 is 9.53 Å². The number of amides is 1. The second-order valence-corrected chi connectivity index (χ2v) is 6.24. The molecule has 1 N–H and O–H groups in total. The number of hydrogen-bond donors (Lipinski definition) is 1. The van der Waals surface area contributed by atoms with Crippen molar-refractivity contribution in [2.24, 2.45) is 7.05 Å². The van der Waals surface area contributed by atoms with Crippen molar-refractivity contribution in [3.63, 3.8) is 0 Å². The fourth-order valence-corrected chi connectivity index (χ4v) is 3.21. The van der Waals surface area contributed by atoms with E-state index in [1.54, 1.807) is 4.68 Å². The second kappa shape index (κ2) is 5.77. The number of morpholine rings is 1. The molecule has 2 saturated heterocycles. The van der Waals surface area contributed by atoms with Crippen LogP contribution in [0.3, 0.4) is 0 Å². The summed E-state index contributed by atoms with van der Waals surface area (Å²) < 4.78 is 7.74. The van der Waals surface area contributed by atoms with Crippen LogP contribution in [-0.2, 0) is 22.2 Å². The summed E-state index contributed by atoms with van der Waals surface area (Å²) in [7, 11) is 1.89. The van der Waals surface area contributed by atoms with Crippen molar-refractivity contribution in [3.8, 4) is 0 Å². The van der Waals surface area contributed by atoms with Crippen molar-refractivity contribution in [2.75, 3.05) is 26.2 Å². The van der Waals surface area contributed by atoms with Crippen molar-refractivity contribution >= 4 is 5.91 Å². The van der Waals surface area contributed by atoms with Gasteiger partial charge in [-0.15, -0.1) is 0 Å². The van der Waals surface area contributed by atoms with E-state index in [9.17, 15) is 4.79 Å². The summed E-state index contributed by atoms with van der Waals surface area (Å²) in [5.41, 5.74) is 0.565. The predicted molar refractivity (Wildman–Crippen MR) is 78.7 cm³/mol. The Bertz CT molecular complexity index is 510. The Hall–Kier alpha value is -1.40. The van der Waals surface area contributed by atoms with Gasteiger partial charge in [-0.1, -0.05) is 6.42 Å². The molecule has 0 aromatic carbocycles. The number of piperidine rings is 1. The second-order valence-electron chi connectivity index (χ2n) is 6.24. The number of hydrogen-bond acceptors (Lipinski definition) is 4. The Morgan fingerprint density at radius 3 is 3.05 bits per heavy atom. The van der Waals surface area contributed by atoms with E-state index >= 15 is 0 Å². The van der Waals surface area contributed by atoms with Crippen molar-refractivity contribution in [3.05, 3.63) is 18.0 Å². The average Bonchev–Trinajstić information content (AvgIpc) is 2.95. The molecule has 1 aromatic heterocycles. The van der Waals surface area contributed by atoms with Gasteiger partial charge in [-0.3, -0.25) is 9.48 Å². The molecule has 2 unspecified atom stereocenters. The van der Waals surface area contributed by atoms with E-state index in [2.05, 4.69) is 10.4 Å². The van der Waals surface area contributed by atoms with Crippen molar-refractivity contribution in [1.82, 2.24) is 20.0 Å². The van der Waals surface area contributed by atoms with E-state index in [0.717, 1.165) is 24.9 Å². The minimum Gasteiger partial charge on any atom is -0.367 e. The third-order valence-electron chi connectivity index (χ3n) is 4.51. The molecule has 116 valence electrons. The standard InChI is InChI=1S/C15H24N4O2/c1-15(12-9-17-18(2)10-12)11-19(7-8-21-15)14(20)13-5-3-4-6-16-13/h9-10,13,16H,3-8,11H2,1-2H3. The van der Waals surface area contributed by atoms with E-state index in [-0.39, 0.29) is 11.9 Å². The smallest absolute Gasteiger partial charge is 0.239 e. The van der Waals surface area contributed by atoms with Crippen LogP contribution in [0, 0.1) is 0 Å². The Morgan fingerprint density at radius 2 is 2.38 bits per heavy atom. The molecule has 2 fully saturated rings. The first-order chi connectivity index (χ1) is 10.1. The molecule has 2 atom stereocenters. The van der Waals surface area contributed by atoms with Gasteiger partial charge in [0, 0.05) is 25.4 Å². The van der Waals surface area contributed by atoms with Gasteiger partial charge in [-0.2, -0.15) is 5.10 Å². The van der Waals surface area contributed by atoms with Crippen LogP contribution in [-0.4, -0.2) is 52.9 Å². The topological polar surface area (TPSA) is 59.4 Å². The van der Waals surface area contributed by atoms with Crippen LogP contribution in [0.15, 0.2) is 12.4 Å². The quantitative estimate of drug-likeness (QED) is 0.869. The van der Waals surface area contributed by atoms with Gasteiger partial charge >= 0.3 is 0 Å². The van der Waals surface area contributed by atoms with Crippen LogP contribution >= 0.6 is 0 Å². The first kappa shape index (κ1) is 14.5. The van der Waals surface area contributed by atoms with Gasteiger partial charge in [0.1, 0.15) is 5.60 Å². The highest BCUT2D eigenvalue weighted by Crippen LogP contribution is 2.29. The van der Waals surface area contributed by atoms with Crippen molar-refractivity contribution in [1.29, 1.82) is 0 Å². The fraction of sp³-hybridized carbons (Fsp3) is 0.733. The number of carbonyl (C=O) groups excluding carboxylic acids is 1. The highest BCUT2D eigenvalue weighted by Gasteiger charge is 2.38. The Balaban J connectivity index is 1.71. The van der Waals surface area contributed by atoms with Gasteiger partial charge in [0.25, 0.3) is 0 Å². The molecule has 21 heavy (non-hydrogen) atoms. The average molecular weight is 292 g/mol. The number of carbonyl (C=O) groups is 1. The number of ether oxygens (including phenoxy) is 1. The van der Waals surface area contributed by atoms with Gasteiger partial charge in [0.2, 0.25) is 5.91 Å². The van der Waals surface area contributed by atoms with E-state index in [4.69, 9.17) is 4.74 Å². The van der Waals surface area contributed by atoms with Crippen LogP contribution in [0.25, 0.3) is 0 Å². The van der Waals surface area contributed by atoms with Gasteiger partial charge < -0.3 is 15.0 Å². The van der Waals surface area contributed by atoms with E-state index in [0.29, 0.717) is 19.7 Å². The fourth-order valence-electron chi connectivity index (χ4n) is 3.21. The van der Waals surface area contributed by atoms with Gasteiger partial charge in [0.05, 0.1) is 25.4 Å². The number of rotatable bonds is 2. The van der Waals surface area contributed by atoms with Crippen LogP contribution in [0.1, 0.15) is 31.7 Å². The normalized spacial score (nSPS) is 30.4. The first-order valence-corrected chi connectivity index (χ1v) is 7.74. The first-order valence-electron chi connectivity index (χ1n) is 7.74. The maximum atomic E-state index is 12.7. The van der Waals surface area contributed by atoms with Gasteiger partial charge in [0.15, 0.2) is 0 Å². The minimum atomic E-state index is -0.461. The molecule has 0 bridgehead atoms. The number of aromatic nitrogens is 2. The van der Waals surface area contributed by atoms with E-state index in [1.807, 2.05) is 31.3 Å². The lowest BCUT2D eigenvalue weighted by molar-refractivity contribution is -0.152. The molecule has 3 rings (SSSR count).